The van der Waals surface area contributed by atoms with Crippen molar-refractivity contribution < 1.29 is 18.4 Å². The van der Waals surface area contributed by atoms with Crippen molar-refractivity contribution in [1.82, 2.24) is 15.1 Å². The normalized spacial score (nSPS) is 16.7. The zero-order valence-electron chi connectivity index (χ0n) is 14.3. The summed E-state index contributed by atoms with van der Waals surface area (Å²) in [5.41, 5.74) is 0. The van der Waals surface area contributed by atoms with Gasteiger partial charge in [0.2, 0.25) is 17.5 Å². The molecule has 0 unspecified atom stereocenters. The van der Waals surface area contributed by atoms with Crippen LogP contribution in [-0.4, -0.2) is 41.3 Å². The van der Waals surface area contributed by atoms with Gasteiger partial charge in [0.05, 0.1) is 13.7 Å². The molecule has 2 aromatic rings. The Morgan fingerprint density at radius 2 is 2.04 bits per heavy atom. The van der Waals surface area contributed by atoms with Crippen molar-refractivity contribution in [2.75, 3.05) is 20.2 Å². The first kappa shape index (κ1) is 16.7. The summed E-state index contributed by atoms with van der Waals surface area (Å²) in [6, 6.07) is 3.48. The first-order valence-electron chi connectivity index (χ1n) is 8.29. The molecule has 0 radical (unpaired) electrons. The van der Waals surface area contributed by atoms with Gasteiger partial charge in [-0.1, -0.05) is 13.8 Å². The van der Waals surface area contributed by atoms with E-state index in [0.717, 1.165) is 37.6 Å². The molecule has 1 aliphatic rings. The summed E-state index contributed by atoms with van der Waals surface area (Å²) in [6.07, 6.45) is 1.95. The molecule has 0 aromatic carbocycles. The van der Waals surface area contributed by atoms with Crippen molar-refractivity contribution in [3.63, 3.8) is 0 Å². The number of furan rings is 1. The molecule has 3 heterocycles. The molecule has 0 spiro atoms. The predicted molar refractivity (Wildman–Crippen MR) is 85.7 cm³/mol. The van der Waals surface area contributed by atoms with E-state index in [0.29, 0.717) is 18.4 Å². The van der Waals surface area contributed by atoms with E-state index in [-0.39, 0.29) is 11.7 Å². The lowest BCUT2D eigenvalue weighted by molar-refractivity contribution is 0.0560. The van der Waals surface area contributed by atoms with E-state index in [2.05, 4.69) is 19.8 Å². The van der Waals surface area contributed by atoms with Gasteiger partial charge in [-0.2, -0.15) is 0 Å². The monoisotopic (exact) mass is 333 g/mol. The summed E-state index contributed by atoms with van der Waals surface area (Å²) in [7, 11) is 1.34. The van der Waals surface area contributed by atoms with Gasteiger partial charge in [0.1, 0.15) is 5.76 Å². The summed E-state index contributed by atoms with van der Waals surface area (Å²) in [6.45, 7) is 6.64. The highest BCUT2D eigenvalue weighted by molar-refractivity contribution is 5.86. The molecular weight excluding hydrogens is 310 g/mol. The van der Waals surface area contributed by atoms with Gasteiger partial charge in [-0.3, -0.25) is 4.90 Å². The largest absolute Gasteiger partial charge is 0.463 e. The number of piperidine rings is 1. The fourth-order valence-corrected chi connectivity index (χ4v) is 2.88. The fourth-order valence-electron chi connectivity index (χ4n) is 2.88. The second kappa shape index (κ2) is 7.17. The van der Waals surface area contributed by atoms with Crippen LogP contribution < -0.4 is 0 Å². The highest BCUT2D eigenvalue weighted by Crippen LogP contribution is 2.29. The second-order valence-electron chi connectivity index (χ2n) is 6.44. The van der Waals surface area contributed by atoms with E-state index in [1.807, 2.05) is 19.9 Å². The number of esters is 1. The third-order valence-corrected chi connectivity index (χ3v) is 4.31. The van der Waals surface area contributed by atoms with Gasteiger partial charge < -0.3 is 13.6 Å². The Balaban J connectivity index is 1.53. The number of methoxy groups -OCH3 is 1. The maximum absolute atomic E-state index is 11.4. The van der Waals surface area contributed by atoms with E-state index in [4.69, 9.17) is 8.83 Å². The number of carbonyl (C=O) groups excluding carboxylic acids is 1. The van der Waals surface area contributed by atoms with Crippen molar-refractivity contribution in [3.05, 3.63) is 35.4 Å². The Labute approximate surface area is 141 Å². The van der Waals surface area contributed by atoms with E-state index >= 15 is 0 Å². The molecule has 1 fully saturated rings. The van der Waals surface area contributed by atoms with E-state index in [1.54, 1.807) is 6.07 Å². The van der Waals surface area contributed by atoms with Gasteiger partial charge in [-0.05, 0) is 38.1 Å². The molecule has 7 heteroatoms. The summed E-state index contributed by atoms with van der Waals surface area (Å²) in [4.78, 5) is 13.7. The zero-order valence-corrected chi connectivity index (χ0v) is 14.3. The molecule has 2 aromatic heterocycles. The van der Waals surface area contributed by atoms with Crippen LogP contribution in [0.4, 0.5) is 0 Å². The van der Waals surface area contributed by atoms with Crippen LogP contribution in [-0.2, 0) is 11.3 Å². The molecule has 3 rings (SSSR count). The van der Waals surface area contributed by atoms with Gasteiger partial charge >= 0.3 is 5.97 Å². The number of hydrogen-bond donors (Lipinski definition) is 0. The minimum atomic E-state index is -0.447. The SMILES string of the molecule is COC(=O)c1ccc(CN2CCC(c3nnc(C(C)C)o3)CC2)o1. The molecule has 0 saturated carbocycles. The highest BCUT2D eigenvalue weighted by Gasteiger charge is 2.26. The van der Waals surface area contributed by atoms with Crippen molar-refractivity contribution in [2.45, 2.75) is 45.1 Å². The third-order valence-electron chi connectivity index (χ3n) is 4.31. The van der Waals surface area contributed by atoms with E-state index < -0.39 is 5.97 Å². The minimum absolute atomic E-state index is 0.245. The first-order valence-corrected chi connectivity index (χ1v) is 8.29. The lowest BCUT2D eigenvalue weighted by Gasteiger charge is -2.29. The highest BCUT2D eigenvalue weighted by atomic mass is 16.5. The molecule has 0 N–H and O–H groups in total. The number of likely N-dealkylation sites (tertiary alicyclic amines) is 1. The van der Waals surface area contributed by atoms with Gasteiger partial charge in [0, 0.05) is 11.8 Å². The molecule has 24 heavy (non-hydrogen) atoms. The topological polar surface area (TPSA) is 81.6 Å². The maximum atomic E-state index is 11.4. The molecular formula is C17H23N3O4. The lowest BCUT2D eigenvalue weighted by Crippen LogP contribution is -2.32. The number of carbonyl (C=O) groups is 1. The van der Waals surface area contributed by atoms with Crippen molar-refractivity contribution in [1.29, 1.82) is 0 Å². The summed E-state index contributed by atoms with van der Waals surface area (Å²) in [5, 5.41) is 8.31. The van der Waals surface area contributed by atoms with E-state index in [9.17, 15) is 4.79 Å². The molecule has 0 aliphatic carbocycles. The number of hydrogen-bond acceptors (Lipinski definition) is 7. The smallest absolute Gasteiger partial charge is 0.373 e. The second-order valence-corrected chi connectivity index (χ2v) is 6.44. The van der Waals surface area contributed by atoms with Crippen LogP contribution in [0.5, 0.6) is 0 Å². The fraction of sp³-hybridized carbons (Fsp3) is 0.588. The number of nitrogens with zero attached hydrogens (tertiary/aromatic N) is 3. The van der Waals surface area contributed by atoms with Gasteiger partial charge in [-0.15, -0.1) is 10.2 Å². The molecule has 1 saturated heterocycles. The predicted octanol–water partition coefficient (Wildman–Crippen LogP) is 2.95. The van der Waals surface area contributed by atoms with Crippen LogP contribution >= 0.6 is 0 Å². The van der Waals surface area contributed by atoms with Crippen molar-refractivity contribution in [2.24, 2.45) is 0 Å². The van der Waals surface area contributed by atoms with Crippen LogP contribution in [0.1, 0.15) is 66.6 Å². The van der Waals surface area contributed by atoms with Crippen molar-refractivity contribution in [3.8, 4) is 0 Å². The van der Waals surface area contributed by atoms with Crippen LogP contribution in [0.25, 0.3) is 0 Å². The maximum Gasteiger partial charge on any atom is 0.373 e. The molecule has 7 nitrogen and oxygen atoms in total. The van der Waals surface area contributed by atoms with Crippen LogP contribution in [0.3, 0.4) is 0 Å². The first-order chi connectivity index (χ1) is 11.6. The average molecular weight is 333 g/mol. The van der Waals surface area contributed by atoms with Gasteiger partial charge in [0.15, 0.2) is 0 Å². The molecule has 1 aliphatic heterocycles. The van der Waals surface area contributed by atoms with Gasteiger partial charge in [-0.25, -0.2) is 4.79 Å². The average Bonchev–Trinajstić information content (AvgIpc) is 3.24. The Hall–Kier alpha value is -2.15. The van der Waals surface area contributed by atoms with Crippen molar-refractivity contribution >= 4 is 5.97 Å². The van der Waals surface area contributed by atoms with Crippen LogP contribution in [0.15, 0.2) is 21.0 Å². The quantitative estimate of drug-likeness (QED) is 0.778. The number of rotatable bonds is 5. The Morgan fingerprint density at radius 3 is 2.67 bits per heavy atom. The molecule has 0 amide bonds. The number of aromatic nitrogens is 2. The summed E-state index contributed by atoms with van der Waals surface area (Å²) in [5.74, 6) is 2.61. The molecule has 130 valence electrons. The van der Waals surface area contributed by atoms with Crippen LogP contribution in [0, 0.1) is 0 Å². The standard InChI is InChI=1S/C17H23N3O4/c1-11(2)15-18-19-16(24-15)12-6-8-20(9-7-12)10-13-4-5-14(23-13)17(21)22-3/h4-5,11-12H,6-10H2,1-3H3. The molecule has 0 bridgehead atoms. The van der Waals surface area contributed by atoms with Gasteiger partial charge in [0.25, 0.3) is 0 Å². The summed E-state index contributed by atoms with van der Waals surface area (Å²) >= 11 is 0. The Kier molecular flexibility index (Phi) is 4.99. The minimum Gasteiger partial charge on any atom is -0.463 e. The Bertz CT molecular complexity index is 684. The number of ether oxygens (including phenoxy) is 1. The summed E-state index contributed by atoms with van der Waals surface area (Å²) < 4.78 is 15.9. The Morgan fingerprint density at radius 1 is 1.29 bits per heavy atom. The van der Waals surface area contributed by atoms with E-state index in [1.165, 1.54) is 7.11 Å². The lowest BCUT2D eigenvalue weighted by atomic mass is 9.97. The molecule has 0 atom stereocenters. The third kappa shape index (κ3) is 3.67. The van der Waals surface area contributed by atoms with Crippen LogP contribution in [0.2, 0.25) is 0 Å². The zero-order chi connectivity index (χ0) is 17.1.